The standard InChI is InChI=1S/C18H31N3O2/c1-14(2)9-20-11-16-8-19-21(10-15-4-6-23-7-5-15)18(16)17(12-20)13-22-3/h8,14-15,17H,4-7,9-13H2,1-3H3/t17-/m0/s1. The van der Waals surface area contributed by atoms with Gasteiger partial charge in [0.2, 0.25) is 0 Å². The molecular weight excluding hydrogens is 290 g/mol. The second kappa shape index (κ2) is 7.77. The summed E-state index contributed by atoms with van der Waals surface area (Å²) in [5.74, 6) is 1.83. The minimum atomic E-state index is 0.435. The normalized spacial score (nSPS) is 23.4. The molecular formula is C18H31N3O2. The van der Waals surface area contributed by atoms with Crippen molar-refractivity contribution in [3.05, 3.63) is 17.5 Å². The molecule has 0 unspecified atom stereocenters. The van der Waals surface area contributed by atoms with Crippen LogP contribution in [-0.2, 0) is 22.6 Å². The van der Waals surface area contributed by atoms with Crippen molar-refractivity contribution < 1.29 is 9.47 Å². The molecule has 1 aromatic heterocycles. The van der Waals surface area contributed by atoms with Gasteiger partial charge in [0.1, 0.15) is 0 Å². The summed E-state index contributed by atoms with van der Waals surface area (Å²) in [4.78, 5) is 2.55. The van der Waals surface area contributed by atoms with Crippen LogP contribution in [0.5, 0.6) is 0 Å². The highest BCUT2D eigenvalue weighted by Gasteiger charge is 2.30. The Labute approximate surface area is 139 Å². The zero-order valence-electron chi connectivity index (χ0n) is 14.8. The molecule has 0 saturated carbocycles. The third-order valence-corrected chi connectivity index (χ3v) is 4.98. The van der Waals surface area contributed by atoms with Crippen molar-refractivity contribution in [3.63, 3.8) is 0 Å². The Morgan fingerprint density at radius 2 is 2.13 bits per heavy atom. The summed E-state index contributed by atoms with van der Waals surface area (Å²) in [7, 11) is 1.81. The maximum Gasteiger partial charge on any atom is 0.0558 e. The van der Waals surface area contributed by atoms with Gasteiger partial charge < -0.3 is 9.47 Å². The molecule has 2 aliphatic heterocycles. The van der Waals surface area contributed by atoms with Gasteiger partial charge in [0, 0.05) is 63.7 Å². The van der Waals surface area contributed by atoms with Gasteiger partial charge in [-0.05, 0) is 24.7 Å². The Kier molecular flexibility index (Phi) is 5.72. The molecule has 0 bridgehead atoms. The van der Waals surface area contributed by atoms with Gasteiger partial charge in [-0.2, -0.15) is 5.10 Å². The van der Waals surface area contributed by atoms with Gasteiger partial charge in [0.05, 0.1) is 12.8 Å². The molecule has 5 heteroatoms. The molecule has 1 aromatic rings. The van der Waals surface area contributed by atoms with Crippen molar-refractivity contribution in [2.45, 2.75) is 45.7 Å². The Balaban J connectivity index is 1.75. The monoisotopic (exact) mass is 321 g/mol. The van der Waals surface area contributed by atoms with Crippen LogP contribution in [-0.4, -0.2) is 54.7 Å². The van der Waals surface area contributed by atoms with Crippen LogP contribution >= 0.6 is 0 Å². The summed E-state index contributed by atoms with van der Waals surface area (Å²) >= 11 is 0. The predicted molar refractivity (Wildman–Crippen MR) is 90.5 cm³/mol. The quantitative estimate of drug-likeness (QED) is 0.807. The fourth-order valence-corrected chi connectivity index (χ4v) is 4.04. The number of hydrogen-bond acceptors (Lipinski definition) is 4. The molecule has 0 N–H and O–H groups in total. The van der Waals surface area contributed by atoms with Gasteiger partial charge in [-0.1, -0.05) is 13.8 Å². The van der Waals surface area contributed by atoms with E-state index < -0.39 is 0 Å². The van der Waals surface area contributed by atoms with Crippen molar-refractivity contribution in [1.82, 2.24) is 14.7 Å². The first kappa shape index (κ1) is 16.9. The Morgan fingerprint density at radius 1 is 1.35 bits per heavy atom. The molecule has 23 heavy (non-hydrogen) atoms. The summed E-state index contributed by atoms with van der Waals surface area (Å²) in [6.07, 6.45) is 4.40. The fraction of sp³-hybridized carbons (Fsp3) is 0.833. The van der Waals surface area contributed by atoms with Crippen LogP contribution in [0.15, 0.2) is 6.20 Å². The lowest BCUT2D eigenvalue weighted by Crippen LogP contribution is -2.38. The molecule has 2 aliphatic rings. The van der Waals surface area contributed by atoms with Gasteiger partial charge >= 0.3 is 0 Å². The predicted octanol–water partition coefficient (Wildman–Crippen LogP) is 2.51. The van der Waals surface area contributed by atoms with Crippen molar-refractivity contribution in [1.29, 1.82) is 0 Å². The number of hydrogen-bond donors (Lipinski definition) is 0. The molecule has 5 nitrogen and oxygen atoms in total. The molecule has 0 amide bonds. The molecule has 1 saturated heterocycles. The number of nitrogens with zero attached hydrogens (tertiary/aromatic N) is 3. The van der Waals surface area contributed by atoms with Crippen molar-refractivity contribution in [2.75, 3.05) is 40.0 Å². The molecule has 3 rings (SSSR count). The second-order valence-corrected chi connectivity index (χ2v) is 7.53. The largest absolute Gasteiger partial charge is 0.384 e. The zero-order valence-corrected chi connectivity index (χ0v) is 14.8. The zero-order chi connectivity index (χ0) is 16.2. The summed E-state index contributed by atoms with van der Waals surface area (Å²) in [5.41, 5.74) is 2.81. The number of fused-ring (bicyclic) bond motifs is 1. The SMILES string of the molecule is COC[C@@H]1CN(CC(C)C)Cc2cnn(CC3CCOCC3)c21. The number of rotatable bonds is 6. The van der Waals surface area contributed by atoms with E-state index in [1.54, 1.807) is 7.11 Å². The molecule has 0 spiro atoms. The second-order valence-electron chi connectivity index (χ2n) is 7.53. The molecule has 0 aromatic carbocycles. The van der Waals surface area contributed by atoms with E-state index in [4.69, 9.17) is 14.6 Å². The first-order chi connectivity index (χ1) is 11.2. The van der Waals surface area contributed by atoms with E-state index in [1.807, 2.05) is 0 Å². The van der Waals surface area contributed by atoms with Crippen LogP contribution in [0, 0.1) is 11.8 Å². The minimum absolute atomic E-state index is 0.435. The highest BCUT2D eigenvalue weighted by Crippen LogP contribution is 2.30. The Morgan fingerprint density at radius 3 is 2.83 bits per heavy atom. The average Bonchev–Trinajstić information content (AvgIpc) is 2.91. The highest BCUT2D eigenvalue weighted by atomic mass is 16.5. The molecule has 1 fully saturated rings. The number of methoxy groups -OCH3 is 1. The third kappa shape index (κ3) is 4.14. The molecule has 1 atom stereocenters. The summed E-state index contributed by atoms with van der Waals surface area (Å²) < 4.78 is 13.3. The first-order valence-corrected chi connectivity index (χ1v) is 9.01. The van der Waals surface area contributed by atoms with Crippen LogP contribution < -0.4 is 0 Å². The van der Waals surface area contributed by atoms with Crippen LogP contribution in [0.3, 0.4) is 0 Å². The van der Waals surface area contributed by atoms with E-state index in [9.17, 15) is 0 Å². The van der Waals surface area contributed by atoms with Gasteiger partial charge in [0.15, 0.2) is 0 Å². The van der Waals surface area contributed by atoms with Crippen molar-refractivity contribution in [2.24, 2.45) is 11.8 Å². The van der Waals surface area contributed by atoms with Gasteiger partial charge in [0.25, 0.3) is 0 Å². The lowest BCUT2D eigenvalue weighted by Gasteiger charge is -2.34. The van der Waals surface area contributed by atoms with Crippen LogP contribution in [0.25, 0.3) is 0 Å². The van der Waals surface area contributed by atoms with E-state index in [0.717, 1.165) is 58.8 Å². The number of aromatic nitrogens is 2. The molecule has 0 radical (unpaired) electrons. The third-order valence-electron chi connectivity index (χ3n) is 4.98. The summed E-state index contributed by atoms with van der Waals surface area (Å²) in [5, 5.41) is 4.73. The summed E-state index contributed by atoms with van der Waals surface area (Å²) in [6.45, 7) is 11.4. The Bertz CT molecular complexity index is 494. The molecule has 0 aliphatic carbocycles. The average molecular weight is 321 g/mol. The lowest BCUT2D eigenvalue weighted by molar-refractivity contribution is 0.0590. The van der Waals surface area contributed by atoms with Gasteiger partial charge in [-0.3, -0.25) is 9.58 Å². The Hall–Kier alpha value is -0.910. The van der Waals surface area contributed by atoms with E-state index in [1.165, 1.54) is 11.3 Å². The van der Waals surface area contributed by atoms with Crippen molar-refractivity contribution in [3.8, 4) is 0 Å². The van der Waals surface area contributed by atoms with Crippen molar-refractivity contribution >= 4 is 0 Å². The maximum atomic E-state index is 5.52. The fourth-order valence-electron chi connectivity index (χ4n) is 4.04. The first-order valence-electron chi connectivity index (χ1n) is 9.01. The van der Waals surface area contributed by atoms with E-state index >= 15 is 0 Å². The minimum Gasteiger partial charge on any atom is -0.384 e. The molecule has 3 heterocycles. The van der Waals surface area contributed by atoms with E-state index in [-0.39, 0.29) is 0 Å². The topological polar surface area (TPSA) is 39.5 Å². The maximum absolute atomic E-state index is 5.52. The smallest absolute Gasteiger partial charge is 0.0558 e. The van der Waals surface area contributed by atoms with Crippen LogP contribution in [0.4, 0.5) is 0 Å². The van der Waals surface area contributed by atoms with Crippen LogP contribution in [0.2, 0.25) is 0 Å². The van der Waals surface area contributed by atoms with Gasteiger partial charge in [-0.25, -0.2) is 0 Å². The highest BCUT2D eigenvalue weighted by molar-refractivity contribution is 5.25. The summed E-state index contributed by atoms with van der Waals surface area (Å²) in [6, 6.07) is 0. The number of ether oxygens (including phenoxy) is 2. The lowest BCUT2D eigenvalue weighted by atomic mass is 9.95. The van der Waals surface area contributed by atoms with E-state index in [0.29, 0.717) is 17.8 Å². The van der Waals surface area contributed by atoms with E-state index in [2.05, 4.69) is 29.6 Å². The molecule has 130 valence electrons. The van der Waals surface area contributed by atoms with Crippen LogP contribution in [0.1, 0.15) is 43.9 Å². The van der Waals surface area contributed by atoms with Gasteiger partial charge in [-0.15, -0.1) is 0 Å².